The lowest BCUT2D eigenvalue weighted by Gasteiger charge is -2.27. The van der Waals surface area contributed by atoms with Crippen LogP contribution in [0.4, 0.5) is 16.5 Å². The number of hydrogen-bond acceptors (Lipinski definition) is 15. The number of hydrogen-bond donors (Lipinski definition) is 5. The Balaban J connectivity index is 0.636. The fraction of sp³-hybridized carbons (Fsp3) is 0.340. The number of rotatable bonds is 26. The highest BCUT2D eigenvalue weighted by atomic mass is 32.1. The molecule has 2 unspecified atom stereocenters. The van der Waals surface area contributed by atoms with Gasteiger partial charge in [0.15, 0.2) is 5.13 Å². The zero-order chi connectivity index (χ0) is 48.0. The van der Waals surface area contributed by atoms with E-state index in [1.165, 1.54) is 11.3 Å². The number of amides is 6. The van der Waals surface area contributed by atoms with Gasteiger partial charge < -0.3 is 39.8 Å². The maximum absolute atomic E-state index is 13.9. The zero-order valence-corrected chi connectivity index (χ0v) is 38.7. The van der Waals surface area contributed by atoms with Crippen molar-refractivity contribution in [1.29, 1.82) is 0 Å². The van der Waals surface area contributed by atoms with Gasteiger partial charge in [-0.2, -0.15) is 0 Å². The monoisotopic (exact) mass is 958 g/mol. The van der Waals surface area contributed by atoms with Gasteiger partial charge in [-0.15, -0.1) is 11.3 Å². The van der Waals surface area contributed by atoms with Gasteiger partial charge in [0.2, 0.25) is 11.8 Å². The lowest BCUT2D eigenvalue weighted by atomic mass is 10.00. The number of anilines is 3. The SMILES string of the molecule is O=C1CCC(N2C(=O)c3cccc(NCCOCCOCCOCCOCCNCCNc4ccc(-c5ccc6c(c5)C(=O)N(C(C(=O)Nc5nccs5)c5ccccc5)C6)cc4)c3C2=O)C(=O)N1. The highest BCUT2D eigenvalue weighted by Crippen LogP contribution is 2.36. The summed E-state index contributed by atoms with van der Waals surface area (Å²) in [5, 5.41) is 17.3. The van der Waals surface area contributed by atoms with Gasteiger partial charge in [-0.1, -0.05) is 60.7 Å². The third-order valence-corrected chi connectivity index (χ3v) is 12.4. The van der Waals surface area contributed by atoms with Crippen molar-refractivity contribution in [2.45, 2.75) is 31.5 Å². The summed E-state index contributed by atoms with van der Waals surface area (Å²) in [4.78, 5) is 84.3. The summed E-state index contributed by atoms with van der Waals surface area (Å²) in [5.41, 5.74) is 5.97. The van der Waals surface area contributed by atoms with Crippen molar-refractivity contribution in [2.24, 2.45) is 0 Å². The number of fused-ring (bicyclic) bond motifs is 2. The summed E-state index contributed by atoms with van der Waals surface area (Å²) in [6, 6.07) is 26.4. The van der Waals surface area contributed by atoms with E-state index in [1.54, 1.807) is 34.7 Å². The highest BCUT2D eigenvalue weighted by Gasteiger charge is 2.45. The maximum atomic E-state index is 13.9. The molecule has 4 aromatic carbocycles. The first-order valence-electron chi connectivity index (χ1n) is 22.9. The van der Waals surface area contributed by atoms with Crippen molar-refractivity contribution >= 4 is 63.3 Å². The van der Waals surface area contributed by atoms with E-state index in [0.29, 0.717) is 88.9 Å². The second kappa shape index (κ2) is 23.9. The normalized spacial score (nSPS) is 15.8. The molecule has 18 nitrogen and oxygen atoms in total. The van der Waals surface area contributed by atoms with Crippen LogP contribution in [0.3, 0.4) is 0 Å². The predicted molar refractivity (Wildman–Crippen MR) is 258 cm³/mol. The van der Waals surface area contributed by atoms with E-state index < -0.39 is 35.7 Å². The summed E-state index contributed by atoms with van der Waals surface area (Å²) in [6.45, 7) is 6.27. The molecule has 0 radical (unpaired) electrons. The standard InChI is InChI=1S/C50H54N8O10S/c59-42-16-15-41(45(60)55-42)58-48(63)38-7-4-8-40(43(38)49(58)64)53-20-23-66-25-27-68-29-28-67-26-24-65-22-19-51-17-18-52-37-13-11-33(12-14-37)35-9-10-36-32-57(47(62)39(36)31-35)44(34-5-2-1-3-6-34)46(61)56-50-54-21-30-69-50/h1-14,21,30-31,41,44,51-53H,15-20,22-29,32H2,(H,54,56,61)(H,55,59,60). The van der Waals surface area contributed by atoms with E-state index in [2.05, 4.69) is 31.6 Å². The van der Waals surface area contributed by atoms with Gasteiger partial charge >= 0.3 is 0 Å². The van der Waals surface area contributed by atoms with Gasteiger partial charge in [-0.25, -0.2) is 4.98 Å². The number of thiazole rings is 1. The molecule has 0 bridgehead atoms. The molecule has 8 rings (SSSR count). The van der Waals surface area contributed by atoms with Gasteiger partial charge in [-0.3, -0.25) is 44.3 Å². The first-order valence-corrected chi connectivity index (χ1v) is 23.8. The molecule has 5 N–H and O–H groups in total. The van der Waals surface area contributed by atoms with Crippen molar-refractivity contribution < 1.29 is 47.7 Å². The van der Waals surface area contributed by atoms with Crippen LogP contribution in [0.5, 0.6) is 0 Å². The molecule has 0 aliphatic carbocycles. The van der Waals surface area contributed by atoms with E-state index in [4.69, 9.17) is 18.9 Å². The Hall–Kier alpha value is -6.87. The fourth-order valence-corrected chi connectivity index (χ4v) is 8.84. The molecule has 4 heterocycles. The van der Waals surface area contributed by atoms with Crippen molar-refractivity contribution in [3.8, 4) is 11.1 Å². The largest absolute Gasteiger partial charge is 0.384 e. The summed E-state index contributed by atoms with van der Waals surface area (Å²) in [5.74, 6) is -2.68. The van der Waals surface area contributed by atoms with Gasteiger partial charge in [-0.05, 0) is 59.0 Å². The topological polar surface area (TPSA) is 219 Å². The minimum Gasteiger partial charge on any atom is -0.384 e. The lowest BCUT2D eigenvalue weighted by Crippen LogP contribution is -2.54. The Morgan fingerprint density at radius 1 is 0.710 bits per heavy atom. The Bertz CT molecular complexity index is 2600. The smallest absolute Gasteiger partial charge is 0.264 e. The summed E-state index contributed by atoms with van der Waals surface area (Å²) >= 11 is 1.33. The molecule has 1 fully saturated rings. The molecule has 69 heavy (non-hydrogen) atoms. The summed E-state index contributed by atoms with van der Waals surface area (Å²) in [7, 11) is 0. The van der Waals surface area contributed by atoms with E-state index in [9.17, 15) is 28.8 Å². The van der Waals surface area contributed by atoms with Gasteiger partial charge in [0.1, 0.15) is 12.1 Å². The summed E-state index contributed by atoms with van der Waals surface area (Å²) in [6.07, 6.45) is 1.79. The number of aromatic nitrogens is 1. The lowest BCUT2D eigenvalue weighted by molar-refractivity contribution is -0.136. The van der Waals surface area contributed by atoms with Crippen LogP contribution in [-0.2, 0) is 39.9 Å². The van der Waals surface area contributed by atoms with Crippen molar-refractivity contribution in [3.05, 3.63) is 130 Å². The Kier molecular flexibility index (Phi) is 16.8. The highest BCUT2D eigenvalue weighted by molar-refractivity contribution is 7.13. The van der Waals surface area contributed by atoms with E-state index >= 15 is 0 Å². The van der Waals surface area contributed by atoms with Crippen LogP contribution in [0, 0.1) is 0 Å². The van der Waals surface area contributed by atoms with E-state index in [0.717, 1.165) is 45.9 Å². The Labute approximate surface area is 403 Å². The van der Waals surface area contributed by atoms with Crippen LogP contribution in [0.2, 0.25) is 0 Å². The number of benzene rings is 4. The quantitative estimate of drug-likeness (QED) is 0.0374. The molecule has 0 saturated carbocycles. The minimum absolute atomic E-state index is 0.0600. The second-order valence-corrected chi connectivity index (χ2v) is 17.1. The van der Waals surface area contributed by atoms with Gasteiger partial charge in [0.25, 0.3) is 23.6 Å². The molecule has 19 heteroatoms. The van der Waals surface area contributed by atoms with Crippen LogP contribution >= 0.6 is 11.3 Å². The molecule has 2 atom stereocenters. The van der Waals surface area contributed by atoms with E-state index in [1.807, 2.05) is 72.8 Å². The fourth-order valence-electron chi connectivity index (χ4n) is 8.31. The van der Waals surface area contributed by atoms with Crippen LogP contribution in [0.15, 0.2) is 103 Å². The average molecular weight is 959 g/mol. The number of carbonyl (C=O) groups excluding carboxylic acids is 6. The van der Waals surface area contributed by atoms with Crippen LogP contribution in [0.1, 0.15) is 61.1 Å². The molecule has 1 aromatic heterocycles. The van der Waals surface area contributed by atoms with Gasteiger partial charge in [0, 0.05) is 67.7 Å². The molecule has 3 aliphatic heterocycles. The van der Waals surface area contributed by atoms with Gasteiger partial charge in [0.05, 0.1) is 64.0 Å². The number of imide groups is 2. The number of carbonyl (C=O) groups is 6. The predicted octanol–water partition coefficient (Wildman–Crippen LogP) is 4.73. The van der Waals surface area contributed by atoms with Crippen LogP contribution < -0.4 is 26.6 Å². The molecule has 3 aliphatic rings. The molecule has 360 valence electrons. The zero-order valence-electron chi connectivity index (χ0n) is 37.9. The molecular formula is C50H54N8O10S. The number of nitrogens with zero attached hydrogens (tertiary/aromatic N) is 3. The molecule has 1 saturated heterocycles. The Morgan fingerprint density at radius 2 is 1.42 bits per heavy atom. The van der Waals surface area contributed by atoms with Crippen LogP contribution in [0.25, 0.3) is 11.1 Å². The Morgan fingerprint density at radius 3 is 2.13 bits per heavy atom. The molecule has 5 aromatic rings. The number of piperidine rings is 1. The second-order valence-electron chi connectivity index (χ2n) is 16.3. The van der Waals surface area contributed by atoms with Crippen LogP contribution in [-0.4, -0.2) is 135 Å². The third-order valence-electron chi connectivity index (χ3n) is 11.7. The van der Waals surface area contributed by atoms with Crippen molar-refractivity contribution in [3.63, 3.8) is 0 Å². The minimum atomic E-state index is -1.02. The third kappa shape index (κ3) is 12.2. The van der Waals surface area contributed by atoms with Crippen molar-refractivity contribution in [2.75, 3.05) is 95.0 Å². The molecule has 0 spiro atoms. The van der Waals surface area contributed by atoms with E-state index in [-0.39, 0.29) is 35.8 Å². The maximum Gasteiger partial charge on any atom is 0.264 e. The summed E-state index contributed by atoms with van der Waals surface area (Å²) < 4.78 is 22.5. The molecule has 6 amide bonds. The average Bonchev–Trinajstić information content (AvgIpc) is 4.06. The number of ether oxygens (including phenoxy) is 4. The number of nitrogens with one attached hydrogen (secondary N) is 5. The first-order chi connectivity index (χ1) is 33.8. The van der Waals surface area contributed by atoms with Crippen molar-refractivity contribution in [1.82, 2.24) is 25.4 Å². The first kappa shape index (κ1) is 48.6. The molecular weight excluding hydrogens is 905 g/mol.